The third-order valence-electron chi connectivity index (χ3n) is 3.53. The number of carboxylic acids is 1. The quantitative estimate of drug-likeness (QED) is 0.764. The van der Waals surface area contributed by atoms with Crippen molar-refractivity contribution in [2.24, 2.45) is 0 Å². The normalized spacial score (nSPS) is 11.9. The summed E-state index contributed by atoms with van der Waals surface area (Å²) in [5, 5.41) is 11.9. The number of nitrogens with zero attached hydrogens (tertiary/aromatic N) is 2. The first-order valence-corrected chi connectivity index (χ1v) is 7.68. The van der Waals surface area contributed by atoms with Crippen LogP contribution in [0, 0.1) is 0 Å². The molecule has 0 spiro atoms. The first kappa shape index (κ1) is 17.6. The summed E-state index contributed by atoms with van der Waals surface area (Å²) < 4.78 is 0. The van der Waals surface area contributed by atoms with Crippen molar-refractivity contribution in [2.45, 2.75) is 19.0 Å². The molecule has 2 rings (SSSR count). The van der Waals surface area contributed by atoms with Gasteiger partial charge in [-0.3, -0.25) is 14.7 Å². The number of rotatable bonds is 8. The fraction of sp³-hybridized carbons (Fsp3) is 0.278. The molecule has 0 unspecified atom stereocenters. The number of carbonyl (C=O) groups is 2. The molecule has 1 atom stereocenters. The van der Waals surface area contributed by atoms with Crippen LogP contribution in [-0.2, 0) is 22.6 Å². The largest absolute Gasteiger partial charge is 0.480 e. The highest BCUT2D eigenvalue weighted by molar-refractivity contribution is 5.84. The van der Waals surface area contributed by atoms with Crippen molar-refractivity contribution in [1.29, 1.82) is 0 Å². The summed E-state index contributed by atoms with van der Waals surface area (Å²) in [6, 6.07) is 12.1. The van der Waals surface area contributed by atoms with Crippen molar-refractivity contribution in [3.05, 3.63) is 66.0 Å². The highest BCUT2D eigenvalue weighted by atomic mass is 16.4. The van der Waals surface area contributed by atoms with E-state index in [4.69, 9.17) is 0 Å². The number of aliphatic carboxylic acids is 1. The molecule has 2 N–H and O–H groups in total. The second-order valence-electron chi connectivity index (χ2n) is 5.68. The van der Waals surface area contributed by atoms with Crippen molar-refractivity contribution in [3.63, 3.8) is 0 Å². The van der Waals surface area contributed by atoms with E-state index in [0.29, 0.717) is 6.54 Å². The zero-order chi connectivity index (χ0) is 17.4. The number of pyridine rings is 1. The minimum atomic E-state index is -1.04. The van der Waals surface area contributed by atoms with E-state index in [1.807, 2.05) is 54.4 Å². The van der Waals surface area contributed by atoms with Crippen LogP contribution in [0.1, 0.15) is 11.1 Å². The summed E-state index contributed by atoms with van der Waals surface area (Å²) in [6.07, 6.45) is 3.66. The molecule has 1 heterocycles. The summed E-state index contributed by atoms with van der Waals surface area (Å²) in [5.41, 5.74) is 1.91. The minimum Gasteiger partial charge on any atom is -0.480 e. The van der Waals surface area contributed by atoms with Crippen LogP contribution >= 0.6 is 0 Å². The van der Waals surface area contributed by atoms with E-state index in [0.717, 1.165) is 11.1 Å². The molecular formula is C18H21N3O3. The van der Waals surface area contributed by atoms with Gasteiger partial charge in [-0.1, -0.05) is 30.3 Å². The number of carbonyl (C=O) groups excluding carboxylic acids is 1. The fourth-order valence-corrected chi connectivity index (χ4v) is 2.39. The Balaban J connectivity index is 1.87. The molecule has 0 aliphatic carbocycles. The molecule has 6 heteroatoms. The van der Waals surface area contributed by atoms with Crippen LogP contribution in [0.2, 0.25) is 0 Å². The number of likely N-dealkylation sites (N-methyl/N-ethyl adjacent to an activating group) is 1. The Bertz CT molecular complexity index is 662. The number of amides is 1. The van der Waals surface area contributed by atoms with Gasteiger partial charge in [0.15, 0.2) is 0 Å². The van der Waals surface area contributed by atoms with Gasteiger partial charge in [-0.15, -0.1) is 0 Å². The molecule has 0 saturated carbocycles. The van der Waals surface area contributed by atoms with E-state index >= 15 is 0 Å². The summed E-state index contributed by atoms with van der Waals surface area (Å²) in [4.78, 5) is 29.3. The Hall–Kier alpha value is -2.73. The number of nitrogens with one attached hydrogen (secondary N) is 1. The highest BCUT2D eigenvalue weighted by Gasteiger charge is 2.20. The Labute approximate surface area is 141 Å². The monoisotopic (exact) mass is 327 g/mol. The van der Waals surface area contributed by atoms with E-state index < -0.39 is 12.0 Å². The molecule has 0 aliphatic rings. The summed E-state index contributed by atoms with van der Waals surface area (Å²) in [6.45, 7) is 0.716. The Kier molecular flexibility index (Phi) is 6.45. The van der Waals surface area contributed by atoms with Crippen molar-refractivity contribution in [1.82, 2.24) is 15.2 Å². The van der Waals surface area contributed by atoms with E-state index in [1.165, 1.54) is 0 Å². The van der Waals surface area contributed by atoms with Gasteiger partial charge in [0.25, 0.3) is 0 Å². The second-order valence-corrected chi connectivity index (χ2v) is 5.68. The third-order valence-corrected chi connectivity index (χ3v) is 3.53. The zero-order valence-corrected chi connectivity index (χ0v) is 13.6. The molecular weight excluding hydrogens is 306 g/mol. The van der Waals surface area contributed by atoms with Gasteiger partial charge in [-0.05, 0) is 30.3 Å². The molecule has 126 valence electrons. The molecule has 0 fully saturated rings. The van der Waals surface area contributed by atoms with Crippen LogP contribution in [0.5, 0.6) is 0 Å². The number of hydrogen-bond donors (Lipinski definition) is 2. The molecule has 6 nitrogen and oxygen atoms in total. The van der Waals surface area contributed by atoms with Gasteiger partial charge in [0.05, 0.1) is 6.54 Å². The molecule has 2 aromatic rings. The molecule has 0 saturated heterocycles. The lowest BCUT2D eigenvalue weighted by molar-refractivity contribution is -0.141. The lowest BCUT2D eigenvalue weighted by Gasteiger charge is -2.19. The van der Waals surface area contributed by atoms with E-state index in [-0.39, 0.29) is 18.9 Å². The minimum absolute atomic E-state index is 0.126. The first-order chi connectivity index (χ1) is 11.5. The maximum Gasteiger partial charge on any atom is 0.326 e. The highest BCUT2D eigenvalue weighted by Crippen LogP contribution is 2.04. The van der Waals surface area contributed by atoms with Gasteiger partial charge < -0.3 is 10.4 Å². The average molecular weight is 327 g/mol. The lowest BCUT2D eigenvalue weighted by Crippen LogP contribution is -2.45. The first-order valence-electron chi connectivity index (χ1n) is 7.68. The van der Waals surface area contributed by atoms with Crippen molar-refractivity contribution in [2.75, 3.05) is 13.6 Å². The number of hydrogen-bond acceptors (Lipinski definition) is 4. The SMILES string of the molecule is CN(CC(=O)N[C@@H](Cc1ccccc1)C(=O)O)Cc1ccncc1. The van der Waals surface area contributed by atoms with E-state index in [1.54, 1.807) is 12.4 Å². The predicted octanol–water partition coefficient (Wildman–Crippen LogP) is 1.33. The maximum absolute atomic E-state index is 12.1. The molecule has 24 heavy (non-hydrogen) atoms. The molecule has 1 amide bonds. The van der Waals surface area contributed by atoms with Crippen LogP contribution in [0.25, 0.3) is 0 Å². The number of aromatic nitrogens is 1. The van der Waals surface area contributed by atoms with E-state index in [2.05, 4.69) is 10.3 Å². The summed E-state index contributed by atoms with van der Waals surface area (Å²) >= 11 is 0. The van der Waals surface area contributed by atoms with Crippen molar-refractivity contribution >= 4 is 11.9 Å². The van der Waals surface area contributed by atoms with Crippen LogP contribution in [0.3, 0.4) is 0 Å². The number of benzene rings is 1. The Morgan fingerprint density at radius 3 is 2.42 bits per heavy atom. The van der Waals surface area contributed by atoms with Crippen LogP contribution in [-0.4, -0.2) is 46.5 Å². The number of carboxylic acid groups (broad SMARTS) is 1. The fourth-order valence-electron chi connectivity index (χ4n) is 2.39. The molecule has 0 bridgehead atoms. The summed E-state index contributed by atoms with van der Waals surface area (Å²) in [7, 11) is 1.81. The third kappa shape index (κ3) is 5.81. The Morgan fingerprint density at radius 1 is 1.12 bits per heavy atom. The topological polar surface area (TPSA) is 82.5 Å². The summed E-state index contributed by atoms with van der Waals surface area (Å²) in [5.74, 6) is -1.35. The zero-order valence-electron chi connectivity index (χ0n) is 13.6. The van der Waals surface area contributed by atoms with Gasteiger partial charge in [0.2, 0.25) is 5.91 Å². The predicted molar refractivity (Wildman–Crippen MR) is 90.3 cm³/mol. The molecule has 1 aromatic carbocycles. The van der Waals surface area contributed by atoms with Crippen LogP contribution in [0.15, 0.2) is 54.9 Å². The van der Waals surface area contributed by atoms with E-state index in [9.17, 15) is 14.7 Å². The van der Waals surface area contributed by atoms with Gasteiger partial charge in [-0.25, -0.2) is 4.79 Å². The van der Waals surface area contributed by atoms with Crippen molar-refractivity contribution < 1.29 is 14.7 Å². The Morgan fingerprint density at radius 2 is 1.79 bits per heavy atom. The van der Waals surface area contributed by atoms with Gasteiger partial charge >= 0.3 is 5.97 Å². The van der Waals surface area contributed by atoms with Gasteiger partial charge in [-0.2, -0.15) is 0 Å². The van der Waals surface area contributed by atoms with Crippen LogP contribution in [0.4, 0.5) is 0 Å². The molecule has 0 radical (unpaired) electrons. The molecule has 0 aliphatic heterocycles. The molecule has 1 aromatic heterocycles. The standard InChI is InChI=1S/C18H21N3O3/c1-21(12-15-7-9-19-10-8-15)13-17(22)20-16(18(23)24)11-14-5-3-2-4-6-14/h2-10,16H,11-13H2,1H3,(H,20,22)(H,23,24)/t16-/m0/s1. The van der Waals surface area contributed by atoms with Crippen LogP contribution < -0.4 is 5.32 Å². The maximum atomic E-state index is 12.1. The average Bonchev–Trinajstić information content (AvgIpc) is 2.55. The van der Waals surface area contributed by atoms with Crippen molar-refractivity contribution in [3.8, 4) is 0 Å². The lowest BCUT2D eigenvalue weighted by atomic mass is 10.1. The smallest absolute Gasteiger partial charge is 0.326 e. The van der Waals surface area contributed by atoms with Gasteiger partial charge in [0.1, 0.15) is 6.04 Å². The van der Waals surface area contributed by atoms with Gasteiger partial charge in [0, 0.05) is 25.4 Å². The second kappa shape index (κ2) is 8.79.